The van der Waals surface area contributed by atoms with Crippen molar-refractivity contribution in [3.63, 3.8) is 0 Å². The molecular formula is C9H19N. The van der Waals surface area contributed by atoms with Crippen molar-refractivity contribution >= 4 is 0 Å². The maximum absolute atomic E-state index is 3.47. The van der Waals surface area contributed by atoms with Crippen LogP contribution in [0.25, 0.3) is 0 Å². The molecule has 0 amide bonds. The normalized spacial score (nSPS) is 31.8. The van der Waals surface area contributed by atoms with Crippen LogP contribution in [0.4, 0.5) is 0 Å². The zero-order chi connectivity index (χ0) is 7.40. The molecule has 0 aromatic carbocycles. The Kier molecular flexibility index (Phi) is 3.20. The molecule has 1 aliphatic rings. The Morgan fingerprint density at radius 3 is 2.50 bits per heavy atom. The van der Waals surface area contributed by atoms with Crippen LogP contribution in [0.2, 0.25) is 0 Å². The van der Waals surface area contributed by atoms with E-state index in [1.807, 2.05) is 0 Å². The molecule has 0 aromatic heterocycles. The van der Waals surface area contributed by atoms with Crippen molar-refractivity contribution in [2.75, 3.05) is 6.54 Å². The van der Waals surface area contributed by atoms with Crippen LogP contribution in [0.15, 0.2) is 0 Å². The Balaban J connectivity index is 1.95. The largest absolute Gasteiger partial charge is 0.314 e. The van der Waals surface area contributed by atoms with E-state index in [1.54, 1.807) is 0 Å². The van der Waals surface area contributed by atoms with Crippen molar-refractivity contribution < 1.29 is 0 Å². The van der Waals surface area contributed by atoms with Crippen LogP contribution in [0.5, 0.6) is 0 Å². The standard InChI is InChI=1S/C9H19N/c1-3-5-8-6-9(7-8)10-4-2/h8-10H,3-7H2,1-2H3. The molecule has 0 unspecified atom stereocenters. The summed E-state index contributed by atoms with van der Waals surface area (Å²) in [6, 6.07) is 0.863. The minimum Gasteiger partial charge on any atom is -0.314 e. The van der Waals surface area contributed by atoms with Crippen molar-refractivity contribution in [1.82, 2.24) is 5.32 Å². The third-order valence-corrected chi connectivity index (χ3v) is 2.43. The summed E-state index contributed by atoms with van der Waals surface area (Å²) in [5.74, 6) is 1.05. The Morgan fingerprint density at radius 1 is 1.30 bits per heavy atom. The Labute approximate surface area is 64.2 Å². The highest BCUT2D eigenvalue weighted by Gasteiger charge is 2.26. The van der Waals surface area contributed by atoms with Crippen molar-refractivity contribution in [2.45, 2.75) is 45.6 Å². The molecule has 1 fully saturated rings. The molecule has 60 valence electrons. The summed E-state index contributed by atoms with van der Waals surface area (Å²) < 4.78 is 0. The second-order valence-electron chi connectivity index (χ2n) is 3.38. The van der Waals surface area contributed by atoms with Crippen LogP contribution in [-0.2, 0) is 0 Å². The van der Waals surface area contributed by atoms with Gasteiger partial charge in [-0.15, -0.1) is 0 Å². The first-order valence-corrected chi connectivity index (χ1v) is 4.60. The van der Waals surface area contributed by atoms with E-state index in [4.69, 9.17) is 0 Å². The van der Waals surface area contributed by atoms with Gasteiger partial charge in [0.05, 0.1) is 0 Å². The second-order valence-corrected chi connectivity index (χ2v) is 3.38. The fraction of sp³-hybridized carbons (Fsp3) is 1.00. The Bertz CT molecular complexity index is 74.7. The lowest BCUT2D eigenvalue weighted by Crippen LogP contribution is -2.40. The van der Waals surface area contributed by atoms with Gasteiger partial charge in [0.1, 0.15) is 0 Å². The lowest BCUT2D eigenvalue weighted by molar-refractivity contribution is 0.212. The summed E-state index contributed by atoms with van der Waals surface area (Å²) in [6.45, 7) is 5.61. The van der Waals surface area contributed by atoms with Crippen molar-refractivity contribution in [2.24, 2.45) is 5.92 Å². The van der Waals surface area contributed by atoms with E-state index >= 15 is 0 Å². The van der Waals surface area contributed by atoms with Gasteiger partial charge in [0.2, 0.25) is 0 Å². The smallest absolute Gasteiger partial charge is 0.00722 e. The molecular weight excluding hydrogens is 122 g/mol. The third-order valence-electron chi connectivity index (χ3n) is 2.43. The SMILES string of the molecule is CCCC1CC(NCC)C1. The number of rotatable bonds is 4. The molecule has 0 radical (unpaired) electrons. The van der Waals surface area contributed by atoms with Crippen LogP contribution >= 0.6 is 0 Å². The predicted molar refractivity (Wildman–Crippen MR) is 45.1 cm³/mol. The molecule has 0 aliphatic heterocycles. The number of hydrogen-bond acceptors (Lipinski definition) is 1. The van der Waals surface area contributed by atoms with Crippen LogP contribution in [0.1, 0.15) is 39.5 Å². The van der Waals surface area contributed by atoms with Gasteiger partial charge in [-0.1, -0.05) is 26.7 Å². The molecule has 0 aromatic rings. The number of hydrogen-bond donors (Lipinski definition) is 1. The quantitative estimate of drug-likeness (QED) is 0.632. The summed E-state index contributed by atoms with van der Waals surface area (Å²) in [5, 5.41) is 3.47. The minimum atomic E-state index is 0.863. The highest BCUT2D eigenvalue weighted by Crippen LogP contribution is 2.30. The zero-order valence-corrected chi connectivity index (χ0v) is 7.19. The van der Waals surface area contributed by atoms with Gasteiger partial charge >= 0.3 is 0 Å². The van der Waals surface area contributed by atoms with E-state index in [2.05, 4.69) is 19.2 Å². The summed E-state index contributed by atoms with van der Waals surface area (Å²) in [6.07, 6.45) is 5.68. The van der Waals surface area contributed by atoms with E-state index in [-0.39, 0.29) is 0 Å². The Hall–Kier alpha value is -0.0400. The molecule has 0 spiro atoms. The van der Waals surface area contributed by atoms with Crippen LogP contribution in [0.3, 0.4) is 0 Å². The monoisotopic (exact) mass is 141 g/mol. The average Bonchev–Trinajstić information content (AvgIpc) is 1.84. The topological polar surface area (TPSA) is 12.0 Å². The molecule has 1 rings (SSSR count). The van der Waals surface area contributed by atoms with Gasteiger partial charge in [-0.3, -0.25) is 0 Å². The lowest BCUT2D eigenvalue weighted by Gasteiger charge is -2.35. The van der Waals surface area contributed by atoms with Crippen molar-refractivity contribution in [3.8, 4) is 0 Å². The molecule has 0 heterocycles. The fourth-order valence-corrected chi connectivity index (χ4v) is 1.83. The molecule has 10 heavy (non-hydrogen) atoms. The van der Waals surface area contributed by atoms with Gasteiger partial charge < -0.3 is 5.32 Å². The lowest BCUT2D eigenvalue weighted by atomic mass is 9.78. The predicted octanol–water partition coefficient (Wildman–Crippen LogP) is 2.17. The van der Waals surface area contributed by atoms with Gasteiger partial charge in [-0.05, 0) is 25.3 Å². The van der Waals surface area contributed by atoms with Gasteiger partial charge in [0.15, 0.2) is 0 Å². The highest BCUT2D eigenvalue weighted by molar-refractivity contribution is 4.83. The molecule has 1 N–H and O–H groups in total. The first-order chi connectivity index (χ1) is 4.86. The summed E-state index contributed by atoms with van der Waals surface area (Å²) in [4.78, 5) is 0. The molecule has 0 bridgehead atoms. The van der Waals surface area contributed by atoms with Crippen LogP contribution in [0, 0.1) is 5.92 Å². The van der Waals surface area contributed by atoms with Crippen LogP contribution < -0.4 is 5.32 Å². The molecule has 1 heteroatoms. The van der Waals surface area contributed by atoms with Crippen molar-refractivity contribution in [3.05, 3.63) is 0 Å². The van der Waals surface area contributed by atoms with E-state index in [0.717, 1.165) is 18.5 Å². The summed E-state index contributed by atoms with van der Waals surface area (Å²) >= 11 is 0. The zero-order valence-electron chi connectivity index (χ0n) is 7.19. The molecule has 1 nitrogen and oxygen atoms in total. The molecule has 1 aliphatic carbocycles. The molecule has 1 saturated carbocycles. The van der Waals surface area contributed by atoms with E-state index in [1.165, 1.54) is 25.7 Å². The van der Waals surface area contributed by atoms with Gasteiger partial charge in [0, 0.05) is 6.04 Å². The Morgan fingerprint density at radius 2 is 2.00 bits per heavy atom. The number of nitrogens with one attached hydrogen (secondary N) is 1. The van der Waals surface area contributed by atoms with Gasteiger partial charge in [0.25, 0.3) is 0 Å². The maximum atomic E-state index is 3.47. The van der Waals surface area contributed by atoms with Crippen molar-refractivity contribution in [1.29, 1.82) is 0 Å². The van der Waals surface area contributed by atoms with E-state index in [0.29, 0.717) is 0 Å². The van der Waals surface area contributed by atoms with Gasteiger partial charge in [-0.2, -0.15) is 0 Å². The highest BCUT2D eigenvalue weighted by atomic mass is 14.9. The summed E-state index contributed by atoms with van der Waals surface area (Å²) in [7, 11) is 0. The van der Waals surface area contributed by atoms with Gasteiger partial charge in [-0.25, -0.2) is 0 Å². The third kappa shape index (κ3) is 1.98. The minimum absolute atomic E-state index is 0.863. The molecule has 0 saturated heterocycles. The fourth-order valence-electron chi connectivity index (χ4n) is 1.83. The molecule has 0 atom stereocenters. The second kappa shape index (κ2) is 3.97. The van der Waals surface area contributed by atoms with Crippen LogP contribution in [-0.4, -0.2) is 12.6 Å². The average molecular weight is 141 g/mol. The first-order valence-electron chi connectivity index (χ1n) is 4.60. The summed E-state index contributed by atoms with van der Waals surface area (Å²) in [5.41, 5.74) is 0. The maximum Gasteiger partial charge on any atom is 0.00722 e. The first kappa shape index (κ1) is 8.06. The van der Waals surface area contributed by atoms with E-state index in [9.17, 15) is 0 Å². The van der Waals surface area contributed by atoms with E-state index < -0.39 is 0 Å².